The molecule has 27 heavy (non-hydrogen) atoms. The van der Waals surface area contributed by atoms with Crippen molar-refractivity contribution in [1.29, 1.82) is 0 Å². The molecule has 8 heteroatoms. The first-order valence-corrected chi connectivity index (χ1v) is 8.21. The van der Waals surface area contributed by atoms with E-state index in [0.29, 0.717) is 28.2 Å². The number of para-hydroxylation sites is 2. The van der Waals surface area contributed by atoms with Gasteiger partial charge in [-0.2, -0.15) is 13.9 Å². The van der Waals surface area contributed by atoms with E-state index in [1.54, 1.807) is 44.2 Å². The summed E-state index contributed by atoms with van der Waals surface area (Å²) in [6.07, 6.45) is 0.601. The molecule has 1 atom stereocenters. The van der Waals surface area contributed by atoms with Crippen molar-refractivity contribution in [3.05, 3.63) is 53.1 Å². The molecule has 6 nitrogen and oxygen atoms in total. The molecule has 0 spiro atoms. The summed E-state index contributed by atoms with van der Waals surface area (Å²) < 4.78 is 40.4. The summed E-state index contributed by atoms with van der Waals surface area (Å²) in [5, 5.41) is 3.90. The molecule has 0 saturated heterocycles. The summed E-state index contributed by atoms with van der Waals surface area (Å²) >= 11 is 0. The highest BCUT2D eigenvalue weighted by Crippen LogP contribution is 2.30. The van der Waals surface area contributed by atoms with E-state index < -0.39 is 18.6 Å². The van der Waals surface area contributed by atoms with Gasteiger partial charge in [0, 0.05) is 0 Å². The molecule has 142 valence electrons. The minimum atomic E-state index is -2.89. The van der Waals surface area contributed by atoms with Gasteiger partial charge in [-0.25, -0.2) is 5.43 Å². The quantitative estimate of drug-likeness (QED) is 0.643. The number of aryl methyl sites for hydroxylation is 2. The predicted octanol–water partition coefficient (Wildman–Crippen LogP) is 3.19. The van der Waals surface area contributed by atoms with Crippen molar-refractivity contribution in [2.75, 3.05) is 6.61 Å². The van der Waals surface area contributed by atoms with Gasteiger partial charge in [-0.05, 0) is 54.8 Å². The number of fused-ring (bicyclic) bond motifs is 1. The van der Waals surface area contributed by atoms with Gasteiger partial charge in [-0.1, -0.05) is 12.1 Å². The molecular weight excluding hydrogens is 358 g/mol. The fraction of sp³-hybridized carbons (Fsp3) is 0.263. The number of ether oxygens (including phenoxy) is 3. The van der Waals surface area contributed by atoms with Crippen LogP contribution >= 0.6 is 0 Å². The van der Waals surface area contributed by atoms with Crippen LogP contribution in [0.25, 0.3) is 0 Å². The molecule has 2 aromatic carbocycles. The smallest absolute Gasteiger partial charge is 0.387 e. The zero-order valence-electron chi connectivity index (χ0n) is 14.7. The summed E-state index contributed by atoms with van der Waals surface area (Å²) in [5.74, 6) is 0.764. The van der Waals surface area contributed by atoms with E-state index in [9.17, 15) is 13.6 Å². The van der Waals surface area contributed by atoms with Gasteiger partial charge in [-0.15, -0.1) is 0 Å². The third-order valence-electron chi connectivity index (χ3n) is 3.88. The number of nitrogens with one attached hydrogen (secondary N) is 1. The van der Waals surface area contributed by atoms with Gasteiger partial charge in [0.2, 0.25) is 6.10 Å². The van der Waals surface area contributed by atoms with Crippen molar-refractivity contribution >= 4 is 12.1 Å². The number of amides is 1. The SMILES string of the molecule is Cc1cc(/C=N\NC(=O)[C@@H]2COc3ccccc3O2)cc(C)c1OC(F)F. The Hall–Kier alpha value is -3.16. The number of rotatable bonds is 5. The maximum absolute atomic E-state index is 12.4. The third-order valence-corrected chi connectivity index (χ3v) is 3.88. The summed E-state index contributed by atoms with van der Waals surface area (Å²) in [4.78, 5) is 12.2. The highest BCUT2D eigenvalue weighted by atomic mass is 19.3. The Kier molecular flexibility index (Phi) is 5.54. The highest BCUT2D eigenvalue weighted by Gasteiger charge is 2.27. The van der Waals surface area contributed by atoms with Crippen LogP contribution in [0.15, 0.2) is 41.5 Å². The number of hydrazone groups is 1. The second kappa shape index (κ2) is 8.03. The maximum atomic E-state index is 12.4. The van der Waals surface area contributed by atoms with E-state index in [4.69, 9.17) is 9.47 Å². The monoisotopic (exact) mass is 376 g/mol. The van der Waals surface area contributed by atoms with E-state index in [2.05, 4.69) is 15.3 Å². The van der Waals surface area contributed by atoms with Crippen molar-refractivity contribution in [3.8, 4) is 17.2 Å². The molecule has 0 saturated carbocycles. The van der Waals surface area contributed by atoms with Crippen LogP contribution in [0.4, 0.5) is 8.78 Å². The molecule has 2 aromatic rings. The molecule has 0 aromatic heterocycles. The molecule has 0 unspecified atom stereocenters. The molecule has 0 radical (unpaired) electrons. The largest absolute Gasteiger partial charge is 0.485 e. The highest BCUT2D eigenvalue weighted by molar-refractivity contribution is 5.85. The zero-order chi connectivity index (χ0) is 19.4. The summed E-state index contributed by atoms with van der Waals surface area (Å²) in [6, 6.07) is 10.3. The minimum absolute atomic E-state index is 0.0796. The van der Waals surface area contributed by atoms with E-state index in [1.807, 2.05) is 6.07 Å². The molecule has 1 N–H and O–H groups in total. The van der Waals surface area contributed by atoms with E-state index >= 15 is 0 Å². The molecular formula is C19H18F2N2O4. The number of hydrogen-bond acceptors (Lipinski definition) is 5. The number of alkyl halides is 2. The average Bonchev–Trinajstić information content (AvgIpc) is 2.64. The van der Waals surface area contributed by atoms with Crippen molar-refractivity contribution in [2.24, 2.45) is 5.10 Å². The molecule has 3 rings (SSSR count). The first kappa shape index (κ1) is 18.6. The molecule has 1 heterocycles. The lowest BCUT2D eigenvalue weighted by Gasteiger charge is -2.24. The summed E-state index contributed by atoms with van der Waals surface area (Å²) in [7, 11) is 0. The van der Waals surface area contributed by atoms with E-state index in [0.717, 1.165) is 0 Å². The molecule has 0 aliphatic carbocycles. The van der Waals surface area contributed by atoms with E-state index in [-0.39, 0.29) is 12.4 Å². The van der Waals surface area contributed by atoms with Crippen LogP contribution in [0.1, 0.15) is 16.7 Å². The Balaban J connectivity index is 1.61. The van der Waals surface area contributed by atoms with Gasteiger partial charge in [-0.3, -0.25) is 4.79 Å². The number of hydrogen-bond donors (Lipinski definition) is 1. The molecule has 0 fully saturated rings. The molecule has 1 aliphatic rings. The van der Waals surface area contributed by atoms with Crippen LogP contribution in [0.5, 0.6) is 17.2 Å². The number of nitrogens with zero attached hydrogens (tertiary/aromatic N) is 1. The van der Waals surface area contributed by atoms with Gasteiger partial charge >= 0.3 is 6.61 Å². The van der Waals surface area contributed by atoms with Gasteiger partial charge in [0.15, 0.2) is 11.5 Å². The van der Waals surface area contributed by atoms with Gasteiger partial charge in [0.05, 0.1) is 6.21 Å². The number of carbonyl (C=O) groups excluding carboxylic acids is 1. The fourth-order valence-electron chi connectivity index (χ4n) is 2.72. The lowest BCUT2D eigenvalue weighted by atomic mass is 10.1. The normalized spacial score (nSPS) is 15.8. The van der Waals surface area contributed by atoms with Crippen LogP contribution < -0.4 is 19.6 Å². The van der Waals surface area contributed by atoms with Crippen molar-refractivity contribution in [1.82, 2.24) is 5.43 Å². The predicted molar refractivity (Wildman–Crippen MR) is 94.6 cm³/mol. The fourth-order valence-corrected chi connectivity index (χ4v) is 2.72. The lowest BCUT2D eigenvalue weighted by Crippen LogP contribution is -2.42. The number of carbonyl (C=O) groups is 1. The van der Waals surface area contributed by atoms with Gasteiger partial charge in [0.25, 0.3) is 5.91 Å². The van der Waals surface area contributed by atoms with Gasteiger partial charge < -0.3 is 14.2 Å². The first-order chi connectivity index (χ1) is 12.9. The van der Waals surface area contributed by atoms with Crippen LogP contribution in [-0.4, -0.2) is 31.4 Å². The molecule has 1 aliphatic heterocycles. The lowest BCUT2D eigenvalue weighted by molar-refractivity contribution is -0.130. The first-order valence-electron chi connectivity index (χ1n) is 8.21. The molecule has 0 bridgehead atoms. The van der Waals surface area contributed by atoms with Crippen LogP contribution in [0, 0.1) is 13.8 Å². The standard InChI is InChI=1S/C19H18F2N2O4/c1-11-7-13(8-12(2)17(11)27-19(20)21)9-22-23-18(24)16-10-25-14-5-3-4-6-15(14)26-16/h3-9,16,19H,10H2,1-2H3,(H,23,24)/b22-9-/t16-/m0/s1. The molecule has 1 amide bonds. The second-order valence-electron chi connectivity index (χ2n) is 5.96. The Bertz CT molecular complexity index is 848. The van der Waals surface area contributed by atoms with Crippen LogP contribution in [-0.2, 0) is 4.79 Å². The third kappa shape index (κ3) is 4.52. The van der Waals surface area contributed by atoms with Crippen molar-refractivity contribution in [3.63, 3.8) is 0 Å². The van der Waals surface area contributed by atoms with Crippen LogP contribution in [0.3, 0.4) is 0 Å². The van der Waals surface area contributed by atoms with Gasteiger partial charge in [0.1, 0.15) is 12.4 Å². The summed E-state index contributed by atoms with van der Waals surface area (Å²) in [5.41, 5.74) is 4.12. The Morgan fingerprint density at radius 1 is 1.26 bits per heavy atom. The van der Waals surface area contributed by atoms with E-state index in [1.165, 1.54) is 6.21 Å². The van der Waals surface area contributed by atoms with Crippen LogP contribution in [0.2, 0.25) is 0 Å². The Labute approximate surface area is 154 Å². The minimum Gasteiger partial charge on any atom is -0.485 e. The topological polar surface area (TPSA) is 69.2 Å². The summed E-state index contributed by atoms with van der Waals surface area (Å²) in [6.45, 7) is 0.511. The number of benzene rings is 2. The Morgan fingerprint density at radius 3 is 2.59 bits per heavy atom. The average molecular weight is 376 g/mol. The number of halogens is 2. The zero-order valence-corrected chi connectivity index (χ0v) is 14.7. The second-order valence-corrected chi connectivity index (χ2v) is 5.96. The maximum Gasteiger partial charge on any atom is 0.387 e. The Morgan fingerprint density at radius 2 is 1.93 bits per heavy atom. The van der Waals surface area contributed by atoms with Crippen molar-refractivity contribution < 1.29 is 27.8 Å². The van der Waals surface area contributed by atoms with Crippen molar-refractivity contribution in [2.45, 2.75) is 26.6 Å².